The molecule has 0 aliphatic heterocycles. The topological polar surface area (TPSA) is 90.5 Å². The Balaban J connectivity index is 1.62. The van der Waals surface area contributed by atoms with Crippen LogP contribution in [0.5, 0.6) is 5.75 Å². The standard InChI is InChI=1S/C19H19N5O3S/c1-11-8-14-17(18(26)24-19(21-14)28-12(2)22-24)23(11)10-16(25)20-9-13-6-4-5-7-15(13)27-3/h4-8H,9-10H2,1-3H3,(H,20,25). The lowest BCUT2D eigenvalue weighted by Gasteiger charge is -2.11. The molecule has 0 bridgehead atoms. The number of aromatic nitrogens is 4. The van der Waals surface area contributed by atoms with Crippen LogP contribution in [0.3, 0.4) is 0 Å². The summed E-state index contributed by atoms with van der Waals surface area (Å²) in [6.45, 7) is 4.05. The highest BCUT2D eigenvalue weighted by atomic mass is 32.1. The van der Waals surface area contributed by atoms with Gasteiger partial charge in [0.2, 0.25) is 10.9 Å². The predicted molar refractivity (Wildman–Crippen MR) is 107 cm³/mol. The van der Waals surface area contributed by atoms with Gasteiger partial charge in [0.1, 0.15) is 22.8 Å². The van der Waals surface area contributed by atoms with Crippen molar-refractivity contribution in [3.63, 3.8) is 0 Å². The number of para-hydroxylation sites is 1. The first-order valence-electron chi connectivity index (χ1n) is 8.73. The minimum absolute atomic E-state index is 0.0244. The number of amides is 1. The van der Waals surface area contributed by atoms with Crippen LogP contribution >= 0.6 is 11.3 Å². The lowest BCUT2D eigenvalue weighted by Crippen LogP contribution is -2.29. The van der Waals surface area contributed by atoms with Gasteiger partial charge in [0, 0.05) is 17.8 Å². The molecule has 1 aromatic carbocycles. The van der Waals surface area contributed by atoms with Crippen LogP contribution in [0.2, 0.25) is 0 Å². The molecule has 0 radical (unpaired) electrons. The van der Waals surface area contributed by atoms with Crippen LogP contribution in [-0.4, -0.2) is 32.2 Å². The number of carbonyl (C=O) groups excluding carboxylic acids is 1. The first-order valence-corrected chi connectivity index (χ1v) is 9.54. The van der Waals surface area contributed by atoms with Gasteiger partial charge in [0.15, 0.2) is 0 Å². The van der Waals surface area contributed by atoms with Gasteiger partial charge in [-0.1, -0.05) is 29.5 Å². The molecular formula is C19H19N5O3S. The molecule has 28 heavy (non-hydrogen) atoms. The monoisotopic (exact) mass is 397 g/mol. The Bertz CT molecular complexity index is 1250. The van der Waals surface area contributed by atoms with E-state index in [1.807, 2.05) is 44.2 Å². The van der Waals surface area contributed by atoms with Gasteiger partial charge < -0.3 is 14.6 Å². The summed E-state index contributed by atoms with van der Waals surface area (Å²) in [5.74, 6) is 0.514. The molecule has 3 aromatic heterocycles. The zero-order valence-corrected chi connectivity index (χ0v) is 16.5. The maximum absolute atomic E-state index is 12.9. The fourth-order valence-electron chi connectivity index (χ4n) is 3.20. The number of fused-ring (bicyclic) bond motifs is 2. The lowest BCUT2D eigenvalue weighted by molar-refractivity contribution is -0.121. The summed E-state index contributed by atoms with van der Waals surface area (Å²) in [7, 11) is 1.59. The Kier molecular flexibility index (Phi) is 4.60. The second kappa shape index (κ2) is 7.08. The zero-order chi connectivity index (χ0) is 19.8. The summed E-state index contributed by atoms with van der Waals surface area (Å²) in [4.78, 5) is 30.5. The van der Waals surface area contributed by atoms with Gasteiger partial charge in [-0.05, 0) is 26.0 Å². The lowest BCUT2D eigenvalue weighted by atomic mass is 10.2. The largest absolute Gasteiger partial charge is 0.496 e. The molecule has 0 aliphatic carbocycles. The van der Waals surface area contributed by atoms with Gasteiger partial charge in [-0.3, -0.25) is 9.59 Å². The Morgan fingerprint density at radius 1 is 1.29 bits per heavy atom. The van der Waals surface area contributed by atoms with E-state index in [1.54, 1.807) is 11.7 Å². The summed E-state index contributed by atoms with van der Waals surface area (Å²) in [5.41, 5.74) is 2.36. The highest BCUT2D eigenvalue weighted by molar-refractivity contribution is 7.16. The van der Waals surface area contributed by atoms with Gasteiger partial charge in [-0.15, -0.1) is 0 Å². The van der Waals surface area contributed by atoms with Gasteiger partial charge in [0.05, 0.1) is 12.6 Å². The number of nitrogens with one attached hydrogen (secondary N) is 1. The maximum atomic E-state index is 12.9. The molecule has 0 atom stereocenters. The van der Waals surface area contributed by atoms with Crippen molar-refractivity contribution >= 4 is 33.2 Å². The van der Waals surface area contributed by atoms with Crippen molar-refractivity contribution in [3.8, 4) is 5.75 Å². The van der Waals surface area contributed by atoms with Crippen LogP contribution in [0.1, 0.15) is 16.3 Å². The molecule has 1 amide bonds. The van der Waals surface area contributed by atoms with E-state index >= 15 is 0 Å². The van der Waals surface area contributed by atoms with Crippen molar-refractivity contribution in [3.05, 3.63) is 57.0 Å². The van der Waals surface area contributed by atoms with E-state index in [0.717, 1.165) is 16.3 Å². The number of carbonyl (C=O) groups is 1. The Hall–Kier alpha value is -3.20. The van der Waals surface area contributed by atoms with Gasteiger partial charge in [-0.2, -0.15) is 9.61 Å². The minimum Gasteiger partial charge on any atom is -0.496 e. The van der Waals surface area contributed by atoms with Crippen LogP contribution in [0, 0.1) is 13.8 Å². The van der Waals surface area contributed by atoms with Crippen molar-refractivity contribution in [2.45, 2.75) is 26.9 Å². The first-order chi connectivity index (χ1) is 13.5. The molecule has 0 saturated carbocycles. The van der Waals surface area contributed by atoms with Crippen LogP contribution in [-0.2, 0) is 17.9 Å². The van der Waals surface area contributed by atoms with Crippen molar-refractivity contribution in [2.24, 2.45) is 0 Å². The third-order valence-electron chi connectivity index (χ3n) is 4.53. The molecule has 3 heterocycles. The second-order valence-corrected chi connectivity index (χ2v) is 7.59. The number of methoxy groups -OCH3 is 1. The quantitative estimate of drug-likeness (QED) is 0.557. The molecule has 9 heteroatoms. The fourth-order valence-corrected chi connectivity index (χ4v) is 3.94. The number of aryl methyl sites for hydroxylation is 2. The predicted octanol–water partition coefficient (Wildman–Crippen LogP) is 2.05. The summed E-state index contributed by atoms with van der Waals surface area (Å²) < 4.78 is 8.28. The van der Waals surface area contributed by atoms with Gasteiger partial charge in [-0.25, -0.2) is 4.98 Å². The molecule has 0 aliphatic rings. The summed E-state index contributed by atoms with van der Waals surface area (Å²) in [6.07, 6.45) is 0. The molecule has 1 N–H and O–H groups in total. The van der Waals surface area contributed by atoms with E-state index in [0.29, 0.717) is 28.3 Å². The Morgan fingerprint density at radius 3 is 2.86 bits per heavy atom. The number of rotatable bonds is 5. The Labute approximate surface area is 164 Å². The smallest absolute Gasteiger partial charge is 0.299 e. The van der Waals surface area contributed by atoms with Crippen LogP contribution in [0.25, 0.3) is 16.0 Å². The van der Waals surface area contributed by atoms with E-state index in [2.05, 4.69) is 15.4 Å². The van der Waals surface area contributed by atoms with Crippen LogP contribution < -0.4 is 15.6 Å². The highest BCUT2D eigenvalue weighted by Gasteiger charge is 2.17. The van der Waals surface area contributed by atoms with Gasteiger partial charge in [0.25, 0.3) is 5.56 Å². The molecule has 4 rings (SSSR count). The highest BCUT2D eigenvalue weighted by Crippen LogP contribution is 2.19. The minimum atomic E-state index is -0.269. The van der Waals surface area contributed by atoms with E-state index in [9.17, 15) is 9.59 Å². The molecule has 0 fully saturated rings. The van der Waals surface area contributed by atoms with E-state index in [1.165, 1.54) is 15.9 Å². The summed E-state index contributed by atoms with van der Waals surface area (Å²) >= 11 is 1.36. The summed E-state index contributed by atoms with van der Waals surface area (Å²) in [5, 5.41) is 7.86. The van der Waals surface area contributed by atoms with Crippen molar-refractivity contribution < 1.29 is 9.53 Å². The normalized spacial score (nSPS) is 11.2. The molecule has 4 aromatic rings. The van der Waals surface area contributed by atoms with Crippen LogP contribution in [0.4, 0.5) is 0 Å². The molecule has 0 spiro atoms. The average molecular weight is 397 g/mol. The molecule has 144 valence electrons. The third-order valence-corrected chi connectivity index (χ3v) is 5.35. The molecule has 0 saturated heterocycles. The van der Waals surface area contributed by atoms with E-state index in [-0.39, 0.29) is 18.0 Å². The molecule has 8 nitrogen and oxygen atoms in total. The number of hydrogen-bond donors (Lipinski definition) is 1. The number of hydrogen-bond acceptors (Lipinski definition) is 6. The Morgan fingerprint density at radius 2 is 2.07 bits per heavy atom. The van der Waals surface area contributed by atoms with E-state index in [4.69, 9.17) is 4.74 Å². The SMILES string of the molecule is COc1ccccc1CNC(=O)Cn1c(C)cc2nc3sc(C)nn3c(=O)c21. The number of benzene rings is 1. The number of nitrogens with zero attached hydrogens (tertiary/aromatic N) is 4. The van der Waals surface area contributed by atoms with Crippen LogP contribution in [0.15, 0.2) is 35.1 Å². The average Bonchev–Trinajstić information content (AvgIpc) is 3.20. The summed E-state index contributed by atoms with van der Waals surface area (Å²) in [6, 6.07) is 9.33. The van der Waals surface area contributed by atoms with E-state index < -0.39 is 0 Å². The van der Waals surface area contributed by atoms with Crippen molar-refractivity contribution in [1.29, 1.82) is 0 Å². The molecule has 0 unspecified atom stereocenters. The fraction of sp³-hybridized carbons (Fsp3) is 0.263. The maximum Gasteiger partial charge on any atom is 0.299 e. The van der Waals surface area contributed by atoms with Gasteiger partial charge >= 0.3 is 0 Å². The third kappa shape index (κ3) is 3.13. The number of ether oxygens (including phenoxy) is 1. The second-order valence-electron chi connectivity index (χ2n) is 6.43. The first kappa shape index (κ1) is 18.2. The molecular weight excluding hydrogens is 378 g/mol. The zero-order valence-electron chi connectivity index (χ0n) is 15.7. The van der Waals surface area contributed by atoms with Crippen molar-refractivity contribution in [2.75, 3.05) is 7.11 Å². The van der Waals surface area contributed by atoms with Crippen molar-refractivity contribution in [1.82, 2.24) is 24.5 Å².